The first-order valence-corrected chi connectivity index (χ1v) is 12.0. The number of aliphatic carboxylic acids is 1. The molecule has 3 rings (SSSR count). The maximum Gasteiger partial charge on any atom is 0.329 e. The highest BCUT2D eigenvalue weighted by atomic mass is 32.1. The fourth-order valence-corrected chi connectivity index (χ4v) is 5.81. The van der Waals surface area contributed by atoms with Crippen LogP contribution < -0.4 is 4.74 Å². The molecule has 0 radical (unpaired) electrons. The summed E-state index contributed by atoms with van der Waals surface area (Å²) in [7, 11) is 1.55. The van der Waals surface area contributed by atoms with Gasteiger partial charge >= 0.3 is 5.97 Å². The molecule has 2 heterocycles. The van der Waals surface area contributed by atoms with Crippen LogP contribution in [0.5, 0.6) is 5.75 Å². The number of hydrogen-bond acceptors (Lipinski definition) is 5. The van der Waals surface area contributed by atoms with Crippen LogP contribution in [0, 0.1) is 11.8 Å². The van der Waals surface area contributed by atoms with Crippen molar-refractivity contribution in [3.63, 3.8) is 0 Å². The molecule has 1 amide bonds. The highest BCUT2D eigenvalue weighted by Gasteiger charge is 2.59. The molecule has 1 aliphatic heterocycles. The van der Waals surface area contributed by atoms with Crippen LogP contribution in [-0.4, -0.2) is 46.2 Å². The number of amides is 1. The molecule has 8 heteroatoms. The van der Waals surface area contributed by atoms with E-state index in [1.807, 2.05) is 19.9 Å². The Morgan fingerprint density at radius 1 is 1.36 bits per heavy atom. The van der Waals surface area contributed by atoms with Crippen LogP contribution in [0.2, 0.25) is 0 Å². The van der Waals surface area contributed by atoms with Crippen molar-refractivity contribution in [2.24, 2.45) is 11.8 Å². The molecule has 0 bridgehead atoms. The molecule has 3 atom stereocenters. The molecule has 1 N–H and O–H groups in total. The average Bonchev–Trinajstić information content (AvgIpc) is 3.37. The van der Waals surface area contributed by atoms with Crippen molar-refractivity contribution in [3.05, 3.63) is 45.9 Å². The van der Waals surface area contributed by atoms with Crippen LogP contribution in [0.15, 0.2) is 29.8 Å². The SMILES string of the molecule is COc1cc(C(=O)N2C(c3nccs3)[C@H](CF)C[C@@]2(CC(C)C)C(=O)O)ccc1C(C)(C)C. The van der Waals surface area contributed by atoms with Crippen molar-refractivity contribution in [1.29, 1.82) is 0 Å². The number of carbonyl (C=O) groups is 2. The van der Waals surface area contributed by atoms with E-state index in [-0.39, 0.29) is 24.2 Å². The zero-order chi connectivity index (χ0) is 24.6. The number of rotatable bonds is 7. The first-order valence-electron chi connectivity index (χ1n) is 11.2. The van der Waals surface area contributed by atoms with E-state index in [0.717, 1.165) is 5.56 Å². The summed E-state index contributed by atoms with van der Waals surface area (Å²) < 4.78 is 19.8. The highest BCUT2D eigenvalue weighted by Crippen LogP contribution is 2.51. The summed E-state index contributed by atoms with van der Waals surface area (Å²) in [6.45, 7) is 9.25. The summed E-state index contributed by atoms with van der Waals surface area (Å²) >= 11 is 1.31. The van der Waals surface area contributed by atoms with Crippen LogP contribution in [-0.2, 0) is 10.2 Å². The van der Waals surface area contributed by atoms with Gasteiger partial charge in [0, 0.05) is 23.1 Å². The lowest BCUT2D eigenvalue weighted by Gasteiger charge is -2.39. The van der Waals surface area contributed by atoms with Gasteiger partial charge in [-0.3, -0.25) is 9.18 Å². The van der Waals surface area contributed by atoms with Crippen LogP contribution in [0.25, 0.3) is 0 Å². The van der Waals surface area contributed by atoms with Gasteiger partial charge in [-0.15, -0.1) is 11.3 Å². The van der Waals surface area contributed by atoms with E-state index in [0.29, 0.717) is 16.3 Å². The Morgan fingerprint density at radius 2 is 2.06 bits per heavy atom. The Balaban J connectivity index is 2.19. The number of carboxylic acids is 1. The number of ether oxygens (including phenoxy) is 1. The lowest BCUT2D eigenvalue weighted by Crippen LogP contribution is -2.54. The Labute approximate surface area is 198 Å². The quantitative estimate of drug-likeness (QED) is 0.571. The summed E-state index contributed by atoms with van der Waals surface area (Å²) in [6.07, 6.45) is 1.87. The molecular weight excluding hydrogens is 443 g/mol. The number of methoxy groups -OCH3 is 1. The van der Waals surface area contributed by atoms with Crippen molar-refractivity contribution in [2.45, 2.75) is 64.5 Å². The minimum absolute atomic E-state index is 0.00971. The second kappa shape index (κ2) is 9.41. The topological polar surface area (TPSA) is 79.7 Å². The standard InChI is InChI=1S/C25H33FN2O4S/c1-15(2)12-25(23(30)31)13-17(14-26)20(21-27-9-10-33-21)28(25)22(29)16-7-8-18(24(3,4)5)19(11-16)32-6/h7-11,15,17,20H,12-14H2,1-6H3,(H,30,31)/t17-,20?,25-/m0/s1. The fourth-order valence-electron chi connectivity index (χ4n) is 4.99. The van der Waals surface area contributed by atoms with Crippen LogP contribution in [0.4, 0.5) is 4.39 Å². The van der Waals surface area contributed by atoms with Gasteiger partial charge in [0.25, 0.3) is 5.91 Å². The minimum atomic E-state index is -1.52. The molecule has 0 saturated carbocycles. The third kappa shape index (κ3) is 4.63. The molecule has 0 aliphatic carbocycles. The molecule has 1 aromatic carbocycles. The largest absolute Gasteiger partial charge is 0.496 e. The smallest absolute Gasteiger partial charge is 0.329 e. The van der Waals surface area contributed by atoms with Crippen molar-refractivity contribution < 1.29 is 23.8 Å². The Hall–Kier alpha value is -2.48. The van der Waals surface area contributed by atoms with E-state index >= 15 is 0 Å². The lowest BCUT2D eigenvalue weighted by molar-refractivity contribution is -0.150. The zero-order valence-corrected chi connectivity index (χ0v) is 20.9. The number of hydrogen-bond donors (Lipinski definition) is 1. The summed E-state index contributed by atoms with van der Waals surface area (Å²) in [5, 5.41) is 12.7. The van der Waals surface area contributed by atoms with E-state index in [9.17, 15) is 19.1 Å². The van der Waals surface area contributed by atoms with Crippen LogP contribution in [0.3, 0.4) is 0 Å². The minimum Gasteiger partial charge on any atom is -0.496 e. The van der Waals surface area contributed by atoms with E-state index in [1.54, 1.807) is 30.8 Å². The molecule has 6 nitrogen and oxygen atoms in total. The third-order valence-electron chi connectivity index (χ3n) is 6.31. The highest BCUT2D eigenvalue weighted by molar-refractivity contribution is 7.09. The first kappa shape index (κ1) is 25.1. The summed E-state index contributed by atoms with van der Waals surface area (Å²) in [4.78, 5) is 32.5. The third-order valence-corrected chi connectivity index (χ3v) is 7.15. The number of aromatic nitrogens is 1. The van der Waals surface area contributed by atoms with Crippen LogP contribution >= 0.6 is 11.3 Å². The maximum absolute atomic E-state index is 14.3. The predicted octanol–water partition coefficient (Wildman–Crippen LogP) is 5.49. The first-order chi connectivity index (χ1) is 15.5. The van der Waals surface area contributed by atoms with Gasteiger partial charge in [0.15, 0.2) is 0 Å². The molecule has 0 spiro atoms. The van der Waals surface area contributed by atoms with E-state index < -0.39 is 36.0 Å². The lowest BCUT2D eigenvalue weighted by atomic mass is 9.83. The van der Waals surface area contributed by atoms with Gasteiger partial charge in [0.1, 0.15) is 16.3 Å². The Bertz CT molecular complexity index is 1000. The normalized spacial score (nSPS) is 23.2. The number of benzene rings is 1. The van der Waals surface area contributed by atoms with Gasteiger partial charge < -0.3 is 14.7 Å². The van der Waals surface area contributed by atoms with Gasteiger partial charge in [-0.25, -0.2) is 9.78 Å². The predicted molar refractivity (Wildman–Crippen MR) is 127 cm³/mol. The molecular formula is C25H33FN2O4S. The average molecular weight is 477 g/mol. The Kier molecular flexibility index (Phi) is 7.17. The summed E-state index contributed by atoms with van der Waals surface area (Å²) in [6, 6.07) is 4.46. The number of carbonyl (C=O) groups excluding carboxylic acids is 1. The molecule has 1 aromatic heterocycles. The molecule has 1 unspecified atom stereocenters. The second-order valence-electron chi connectivity index (χ2n) is 10.2. The van der Waals surface area contributed by atoms with Gasteiger partial charge in [-0.1, -0.05) is 40.7 Å². The van der Waals surface area contributed by atoms with Gasteiger partial charge in [0.2, 0.25) is 0 Å². The molecule has 33 heavy (non-hydrogen) atoms. The maximum atomic E-state index is 14.3. The molecule has 1 saturated heterocycles. The van der Waals surface area contributed by atoms with Crippen molar-refractivity contribution in [1.82, 2.24) is 9.88 Å². The zero-order valence-electron chi connectivity index (χ0n) is 20.1. The van der Waals surface area contributed by atoms with E-state index in [2.05, 4.69) is 25.8 Å². The number of alkyl halides is 1. The van der Waals surface area contributed by atoms with Crippen molar-refractivity contribution >= 4 is 23.2 Å². The molecule has 2 aromatic rings. The number of carboxylic acid groups (broad SMARTS) is 1. The van der Waals surface area contributed by atoms with E-state index in [4.69, 9.17) is 4.74 Å². The number of thiazole rings is 1. The van der Waals surface area contributed by atoms with Crippen LogP contribution in [0.1, 0.15) is 74.4 Å². The van der Waals surface area contributed by atoms with Crippen molar-refractivity contribution in [2.75, 3.05) is 13.8 Å². The molecule has 1 aliphatic rings. The number of nitrogens with zero attached hydrogens (tertiary/aromatic N) is 2. The van der Waals surface area contributed by atoms with Gasteiger partial charge in [-0.05, 0) is 41.9 Å². The number of halogens is 1. The van der Waals surface area contributed by atoms with Crippen molar-refractivity contribution in [3.8, 4) is 5.75 Å². The fraction of sp³-hybridized carbons (Fsp3) is 0.560. The number of likely N-dealkylation sites (tertiary alicyclic amines) is 1. The van der Waals surface area contributed by atoms with Gasteiger partial charge in [-0.2, -0.15) is 0 Å². The van der Waals surface area contributed by atoms with E-state index in [1.165, 1.54) is 16.2 Å². The molecule has 1 fully saturated rings. The Morgan fingerprint density at radius 3 is 2.55 bits per heavy atom. The summed E-state index contributed by atoms with van der Waals surface area (Å²) in [5.41, 5.74) is -0.469. The monoisotopic (exact) mass is 476 g/mol. The second-order valence-corrected chi connectivity index (χ2v) is 11.1. The van der Waals surface area contributed by atoms with Gasteiger partial charge in [0.05, 0.1) is 19.8 Å². The summed E-state index contributed by atoms with van der Waals surface area (Å²) in [5.74, 6) is -1.66. The molecule has 180 valence electrons.